The zero-order valence-corrected chi connectivity index (χ0v) is 16.4. The SMILES string of the molecule is CNC(O)c1ncc(-n2cc(-c3cc(C(=O)NC4CC4)c(F)cc3Cl)cn2)s1. The van der Waals surface area contributed by atoms with Crippen molar-refractivity contribution in [2.45, 2.75) is 25.1 Å². The highest BCUT2D eigenvalue weighted by Gasteiger charge is 2.26. The monoisotopic (exact) mass is 421 g/mol. The first-order valence-electron chi connectivity index (χ1n) is 8.62. The van der Waals surface area contributed by atoms with Crippen molar-refractivity contribution >= 4 is 28.8 Å². The van der Waals surface area contributed by atoms with Crippen LogP contribution in [0.25, 0.3) is 16.1 Å². The van der Waals surface area contributed by atoms with Crippen LogP contribution in [0.15, 0.2) is 30.7 Å². The smallest absolute Gasteiger partial charge is 0.254 e. The summed E-state index contributed by atoms with van der Waals surface area (Å²) >= 11 is 7.49. The van der Waals surface area contributed by atoms with E-state index in [0.717, 1.165) is 18.9 Å². The summed E-state index contributed by atoms with van der Waals surface area (Å²) < 4.78 is 15.8. The Hall–Kier alpha value is -2.33. The number of aliphatic hydroxyl groups is 1. The fraction of sp³-hybridized carbons (Fsp3) is 0.278. The highest BCUT2D eigenvalue weighted by molar-refractivity contribution is 7.14. The number of carbonyl (C=O) groups is 1. The molecule has 1 aliphatic carbocycles. The Bertz CT molecular complexity index is 1030. The molecule has 4 rings (SSSR count). The summed E-state index contributed by atoms with van der Waals surface area (Å²) in [4.78, 5) is 16.4. The normalized spacial score (nSPS) is 14.9. The molecule has 28 heavy (non-hydrogen) atoms. The Morgan fingerprint density at radius 1 is 1.43 bits per heavy atom. The van der Waals surface area contributed by atoms with Gasteiger partial charge in [-0.05, 0) is 32.0 Å². The molecule has 0 saturated heterocycles. The number of nitrogens with zero attached hydrogens (tertiary/aromatic N) is 3. The van der Waals surface area contributed by atoms with Crippen LogP contribution < -0.4 is 10.6 Å². The van der Waals surface area contributed by atoms with Crippen molar-refractivity contribution in [1.29, 1.82) is 0 Å². The van der Waals surface area contributed by atoms with E-state index in [9.17, 15) is 14.3 Å². The van der Waals surface area contributed by atoms with Crippen LogP contribution >= 0.6 is 22.9 Å². The van der Waals surface area contributed by atoms with E-state index in [2.05, 4.69) is 20.7 Å². The molecule has 1 atom stereocenters. The van der Waals surface area contributed by atoms with Crippen molar-refractivity contribution < 1.29 is 14.3 Å². The number of rotatable bonds is 6. The molecule has 2 aromatic heterocycles. The van der Waals surface area contributed by atoms with Crippen molar-refractivity contribution in [2.75, 3.05) is 7.05 Å². The topological polar surface area (TPSA) is 92.1 Å². The number of hydrogen-bond acceptors (Lipinski definition) is 6. The van der Waals surface area contributed by atoms with Gasteiger partial charge in [-0.2, -0.15) is 5.10 Å². The van der Waals surface area contributed by atoms with Crippen LogP contribution in [0.2, 0.25) is 5.02 Å². The second kappa shape index (κ2) is 7.59. The second-order valence-corrected chi connectivity index (χ2v) is 7.91. The van der Waals surface area contributed by atoms with E-state index in [4.69, 9.17) is 11.6 Å². The highest BCUT2D eigenvalue weighted by atomic mass is 35.5. The van der Waals surface area contributed by atoms with Gasteiger partial charge in [0, 0.05) is 23.4 Å². The van der Waals surface area contributed by atoms with Crippen molar-refractivity contribution in [3.05, 3.63) is 52.1 Å². The lowest BCUT2D eigenvalue weighted by atomic mass is 10.0. The second-order valence-electron chi connectivity index (χ2n) is 6.46. The molecular weight excluding hydrogens is 405 g/mol. The van der Waals surface area contributed by atoms with Crippen molar-refractivity contribution in [2.24, 2.45) is 0 Å². The zero-order chi connectivity index (χ0) is 19.8. The molecule has 1 amide bonds. The zero-order valence-electron chi connectivity index (χ0n) is 14.8. The van der Waals surface area contributed by atoms with Gasteiger partial charge in [0.2, 0.25) is 0 Å². The minimum atomic E-state index is -0.854. The summed E-state index contributed by atoms with van der Waals surface area (Å²) in [7, 11) is 1.63. The lowest BCUT2D eigenvalue weighted by molar-refractivity contribution is 0.0947. The Labute approximate surface area is 169 Å². The standard InChI is InChI=1S/C18H17ClFN5O2S/c1-21-17(27)18-22-7-15(28-18)25-8-9(6-23-25)11-4-12(14(20)5-13(11)19)16(26)24-10-2-3-10/h4-8,10,17,21,27H,2-3H2,1H3,(H,24,26). The quantitative estimate of drug-likeness (QED) is 0.532. The number of carbonyl (C=O) groups excluding carboxylic acids is 1. The van der Waals surface area contributed by atoms with E-state index >= 15 is 0 Å². The molecule has 3 aromatic rings. The largest absolute Gasteiger partial charge is 0.372 e. The van der Waals surface area contributed by atoms with Gasteiger partial charge in [0.05, 0.1) is 23.0 Å². The summed E-state index contributed by atoms with van der Waals surface area (Å²) in [5, 5.41) is 21.0. The fourth-order valence-corrected chi connectivity index (χ4v) is 3.76. The van der Waals surface area contributed by atoms with E-state index in [1.807, 2.05) is 0 Å². The van der Waals surface area contributed by atoms with Crippen molar-refractivity contribution in [1.82, 2.24) is 25.4 Å². The predicted octanol–water partition coefficient (Wildman–Crippen LogP) is 2.89. The van der Waals surface area contributed by atoms with E-state index in [0.29, 0.717) is 21.1 Å². The molecule has 1 fully saturated rings. The summed E-state index contributed by atoms with van der Waals surface area (Å²) in [6.07, 6.45) is 5.87. The summed E-state index contributed by atoms with van der Waals surface area (Å²) in [5.41, 5.74) is 1.10. The number of aliphatic hydroxyl groups excluding tert-OH is 1. The molecule has 3 N–H and O–H groups in total. The van der Waals surface area contributed by atoms with E-state index in [-0.39, 0.29) is 16.6 Å². The Kier molecular flexibility index (Phi) is 5.15. The maximum Gasteiger partial charge on any atom is 0.254 e. The maximum atomic E-state index is 14.2. The molecule has 2 heterocycles. The molecule has 0 radical (unpaired) electrons. The number of aromatic nitrogens is 3. The van der Waals surface area contributed by atoms with Gasteiger partial charge in [-0.25, -0.2) is 14.1 Å². The number of amides is 1. The van der Waals surface area contributed by atoms with Crippen LogP contribution in [0.1, 0.15) is 34.4 Å². The third kappa shape index (κ3) is 3.79. The minimum absolute atomic E-state index is 0.0451. The first-order valence-corrected chi connectivity index (χ1v) is 9.82. The van der Waals surface area contributed by atoms with Crippen LogP contribution in [0.4, 0.5) is 4.39 Å². The third-order valence-corrected chi connectivity index (χ3v) is 5.70. The number of hydrogen-bond donors (Lipinski definition) is 3. The fourth-order valence-electron chi connectivity index (χ4n) is 2.65. The van der Waals surface area contributed by atoms with Gasteiger partial charge in [0.15, 0.2) is 6.23 Å². The lowest BCUT2D eigenvalue weighted by Gasteiger charge is -2.08. The van der Waals surface area contributed by atoms with Crippen LogP contribution in [0.5, 0.6) is 0 Å². The molecule has 1 saturated carbocycles. The van der Waals surface area contributed by atoms with Gasteiger partial charge >= 0.3 is 0 Å². The molecule has 0 bridgehead atoms. The van der Waals surface area contributed by atoms with Gasteiger partial charge in [0.25, 0.3) is 5.91 Å². The van der Waals surface area contributed by atoms with Gasteiger partial charge < -0.3 is 10.4 Å². The number of benzene rings is 1. The van der Waals surface area contributed by atoms with E-state index < -0.39 is 18.0 Å². The Morgan fingerprint density at radius 2 is 2.21 bits per heavy atom. The third-order valence-electron chi connectivity index (χ3n) is 4.35. The molecule has 1 aliphatic rings. The molecule has 1 aromatic carbocycles. The average molecular weight is 422 g/mol. The first-order chi connectivity index (χ1) is 13.5. The molecule has 0 spiro atoms. The first kappa shape index (κ1) is 19.0. The van der Waals surface area contributed by atoms with Crippen LogP contribution in [-0.4, -0.2) is 38.9 Å². The predicted molar refractivity (Wildman–Crippen MR) is 104 cm³/mol. The van der Waals surface area contributed by atoms with Gasteiger partial charge in [0.1, 0.15) is 15.8 Å². The Balaban J connectivity index is 1.64. The molecule has 7 nitrogen and oxygen atoms in total. The van der Waals surface area contributed by atoms with Gasteiger partial charge in [-0.1, -0.05) is 22.9 Å². The summed E-state index contributed by atoms with van der Waals surface area (Å²) in [6, 6.07) is 2.71. The van der Waals surface area contributed by atoms with Gasteiger partial charge in [-0.15, -0.1) is 0 Å². The number of thiazole rings is 1. The van der Waals surface area contributed by atoms with Gasteiger partial charge in [-0.3, -0.25) is 10.1 Å². The molecule has 10 heteroatoms. The molecule has 146 valence electrons. The van der Waals surface area contributed by atoms with Crippen LogP contribution in [0.3, 0.4) is 0 Å². The highest BCUT2D eigenvalue weighted by Crippen LogP contribution is 2.32. The van der Waals surface area contributed by atoms with Crippen LogP contribution in [0, 0.1) is 5.82 Å². The molecule has 1 unspecified atom stereocenters. The molecule has 0 aliphatic heterocycles. The molecular formula is C18H17ClFN5O2S. The average Bonchev–Trinajstić information content (AvgIpc) is 3.16. The summed E-state index contributed by atoms with van der Waals surface area (Å²) in [6.45, 7) is 0. The van der Waals surface area contributed by atoms with E-state index in [1.165, 1.54) is 17.4 Å². The minimum Gasteiger partial charge on any atom is -0.372 e. The lowest BCUT2D eigenvalue weighted by Crippen LogP contribution is -2.26. The maximum absolute atomic E-state index is 14.2. The van der Waals surface area contributed by atoms with Crippen molar-refractivity contribution in [3.8, 4) is 16.1 Å². The number of nitrogens with one attached hydrogen (secondary N) is 2. The number of halogens is 2. The Morgan fingerprint density at radius 3 is 2.93 bits per heavy atom. The summed E-state index contributed by atoms with van der Waals surface area (Å²) in [5.74, 6) is -1.11. The van der Waals surface area contributed by atoms with E-state index in [1.54, 1.807) is 30.3 Å². The van der Waals surface area contributed by atoms with Crippen molar-refractivity contribution in [3.63, 3.8) is 0 Å². The van der Waals surface area contributed by atoms with Crippen LogP contribution in [-0.2, 0) is 0 Å².